The van der Waals surface area contributed by atoms with E-state index in [0.717, 1.165) is 0 Å². The maximum absolute atomic E-state index is 10.2. The summed E-state index contributed by atoms with van der Waals surface area (Å²) in [6.45, 7) is 1.18. The Morgan fingerprint density at radius 2 is 2.00 bits per heavy atom. The second-order valence-corrected chi connectivity index (χ2v) is 1.47. The Bertz CT molecular complexity index is 131. The molecule has 1 unspecified atom stereocenters. The summed E-state index contributed by atoms with van der Waals surface area (Å²) >= 11 is 0. The summed E-state index contributed by atoms with van der Waals surface area (Å²) in [7, 11) is 0. The highest BCUT2D eigenvalue weighted by Crippen LogP contribution is 1.77. The van der Waals surface area contributed by atoms with Gasteiger partial charge in [-0.25, -0.2) is 4.79 Å². The summed E-state index contributed by atoms with van der Waals surface area (Å²) in [5.74, 6) is -0.914. The van der Waals surface area contributed by atoms with Gasteiger partial charge in [0.1, 0.15) is 6.10 Å². The Balaban J connectivity index is 3.64. The number of carbonyl (C=O) groups excluding carboxylic acids is 1. The molecule has 0 aliphatic rings. The lowest BCUT2D eigenvalue weighted by atomic mass is 10.4. The van der Waals surface area contributed by atoms with E-state index in [-0.39, 0.29) is 0 Å². The number of aliphatic hydroxyl groups excluding tert-OH is 1. The van der Waals surface area contributed by atoms with Crippen molar-refractivity contribution in [2.75, 3.05) is 0 Å². The molecule has 9 heavy (non-hydrogen) atoms. The van der Waals surface area contributed by atoms with Crippen LogP contribution in [0.1, 0.15) is 6.92 Å². The van der Waals surface area contributed by atoms with E-state index in [1.165, 1.54) is 12.2 Å². The predicted molar refractivity (Wildman–Crippen MR) is 27.8 cm³/mol. The van der Waals surface area contributed by atoms with Crippen molar-refractivity contribution in [1.29, 1.82) is 0 Å². The van der Waals surface area contributed by atoms with Crippen molar-refractivity contribution in [2.45, 2.75) is 13.0 Å². The third-order valence-corrected chi connectivity index (χ3v) is 0.610. The second kappa shape index (κ2) is 3.03. The average Bonchev–Trinajstić information content (AvgIpc) is 1.63. The fraction of sp³-hybridized carbons (Fsp3) is 0.500. The van der Waals surface area contributed by atoms with Crippen LogP contribution in [-0.4, -0.2) is 28.3 Å². The van der Waals surface area contributed by atoms with E-state index >= 15 is 0 Å². The molecule has 2 amide bonds. The number of hydrogen-bond acceptors (Lipinski definition) is 3. The monoisotopic (exact) mass is 133 g/mol. The molecule has 0 radical (unpaired) electrons. The van der Waals surface area contributed by atoms with Crippen LogP contribution in [-0.2, 0) is 4.79 Å². The summed E-state index contributed by atoms with van der Waals surface area (Å²) in [6, 6.07) is 0. The molecule has 52 valence electrons. The van der Waals surface area contributed by atoms with Crippen molar-refractivity contribution < 1.29 is 19.8 Å². The fourth-order valence-electron chi connectivity index (χ4n) is 0.210. The van der Waals surface area contributed by atoms with Gasteiger partial charge in [-0.1, -0.05) is 0 Å². The van der Waals surface area contributed by atoms with Gasteiger partial charge in [0.05, 0.1) is 0 Å². The highest BCUT2D eigenvalue weighted by atomic mass is 16.4. The lowest BCUT2D eigenvalue weighted by Gasteiger charge is -1.99. The molecule has 0 aromatic rings. The molecule has 5 heteroatoms. The number of carbonyl (C=O) groups is 2. The predicted octanol–water partition coefficient (Wildman–Crippen LogP) is -0.839. The van der Waals surface area contributed by atoms with Crippen molar-refractivity contribution in [3.8, 4) is 0 Å². The molecular weight excluding hydrogens is 126 g/mol. The number of hydrogen-bond donors (Lipinski definition) is 3. The highest BCUT2D eigenvalue weighted by molar-refractivity contribution is 5.93. The van der Waals surface area contributed by atoms with Gasteiger partial charge in [-0.3, -0.25) is 10.1 Å². The Kier molecular flexibility index (Phi) is 2.66. The van der Waals surface area contributed by atoms with Crippen molar-refractivity contribution >= 4 is 12.0 Å². The molecule has 0 rings (SSSR count). The Hall–Kier alpha value is -1.10. The zero-order valence-corrected chi connectivity index (χ0v) is 4.79. The smallest absolute Gasteiger partial charge is 0.411 e. The number of aliphatic hydroxyl groups is 1. The first-order valence-electron chi connectivity index (χ1n) is 2.26. The van der Waals surface area contributed by atoms with Gasteiger partial charge < -0.3 is 10.2 Å². The average molecular weight is 133 g/mol. The van der Waals surface area contributed by atoms with Crippen LogP contribution in [0.4, 0.5) is 4.79 Å². The number of rotatable bonds is 1. The maximum Gasteiger partial charge on any atom is 0.411 e. The standard InChI is InChI=1S/C4H7NO4/c1-2(6)3(7)5-4(8)9/h2,6H,1H3,(H,5,7)(H,8,9). The van der Waals surface area contributed by atoms with E-state index in [1.807, 2.05) is 0 Å². The molecule has 0 spiro atoms. The highest BCUT2D eigenvalue weighted by Gasteiger charge is 2.10. The minimum Gasteiger partial charge on any atom is -0.465 e. The molecule has 0 fully saturated rings. The largest absolute Gasteiger partial charge is 0.465 e. The lowest BCUT2D eigenvalue weighted by molar-refractivity contribution is -0.127. The van der Waals surface area contributed by atoms with E-state index in [1.54, 1.807) is 0 Å². The quantitative estimate of drug-likeness (QED) is 0.435. The molecule has 0 aliphatic heterocycles. The van der Waals surface area contributed by atoms with Crippen LogP contribution in [0.2, 0.25) is 0 Å². The molecule has 0 aromatic heterocycles. The van der Waals surface area contributed by atoms with Gasteiger partial charge in [0.25, 0.3) is 5.91 Å². The molecule has 1 atom stereocenters. The Morgan fingerprint density at radius 1 is 1.56 bits per heavy atom. The number of amides is 2. The fourth-order valence-corrected chi connectivity index (χ4v) is 0.210. The molecule has 5 nitrogen and oxygen atoms in total. The molecular formula is C4H7NO4. The lowest BCUT2D eigenvalue weighted by Crippen LogP contribution is -2.36. The molecule has 3 N–H and O–H groups in total. The Labute approximate surface area is 51.3 Å². The van der Waals surface area contributed by atoms with Crippen LogP contribution < -0.4 is 5.32 Å². The van der Waals surface area contributed by atoms with Gasteiger partial charge in [0.2, 0.25) is 0 Å². The van der Waals surface area contributed by atoms with Gasteiger partial charge in [-0.15, -0.1) is 0 Å². The summed E-state index contributed by atoms with van der Waals surface area (Å²) in [5.41, 5.74) is 0. The van der Waals surface area contributed by atoms with Gasteiger partial charge >= 0.3 is 6.09 Å². The van der Waals surface area contributed by atoms with E-state index in [2.05, 4.69) is 0 Å². The van der Waals surface area contributed by atoms with Crippen LogP contribution >= 0.6 is 0 Å². The third-order valence-electron chi connectivity index (χ3n) is 0.610. The topological polar surface area (TPSA) is 86.6 Å². The van der Waals surface area contributed by atoms with E-state index in [9.17, 15) is 9.59 Å². The second-order valence-electron chi connectivity index (χ2n) is 1.47. The normalized spacial score (nSPS) is 12.2. The molecule has 0 saturated heterocycles. The van der Waals surface area contributed by atoms with Gasteiger partial charge in [-0.2, -0.15) is 0 Å². The first kappa shape index (κ1) is 7.90. The maximum atomic E-state index is 10.2. The summed E-state index contributed by atoms with van der Waals surface area (Å²) in [5, 5.41) is 17.8. The minimum absolute atomic E-state index is 0.914. The van der Waals surface area contributed by atoms with Gasteiger partial charge in [0.15, 0.2) is 0 Å². The molecule has 0 heterocycles. The Morgan fingerprint density at radius 3 is 2.11 bits per heavy atom. The summed E-state index contributed by atoms with van der Waals surface area (Å²) in [4.78, 5) is 19.9. The number of carboxylic acid groups (broad SMARTS) is 1. The van der Waals surface area contributed by atoms with Crippen molar-refractivity contribution in [2.24, 2.45) is 0 Å². The molecule has 0 bridgehead atoms. The van der Waals surface area contributed by atoms with Crippen LogP contribution in [0.25, 0.3) is 0 Å². The van der Waals surface area contributed by atoms with E-state index in [0.29, 0.717) is 0 Å². The zero-order valence-electron chi connectivity index (χ0n) is 4.79. The summed E-state index contributed by atoms with van der Waals surface area (Å²) in [6.07, 6.45) is -2.73. The van der Waals surface area contributed by atoms with E-state index < -0.39 is 18.1 Å². The van der Waals surface area contributed by atoms with Crippen LogP contribution in [0.3, 0.4) is 0 Å². The van der Waals surface area contributed by atoms with Crippen LogP contribution in [0.15, 0.2) is 0 Å². The molecule has 0 aliphatic carbocycles. The third kappa shape index (κ3) is 3.48. The van der Waals surface area contributed by atoms with Gasteiger partial charge in [0, 0.05) is 0 Å². The van der Waals surface area contributed by atoms with Crippen LogP contribution in [0.5, 0.6) is 0 Å². The van der Waals surface area contributed by atoms with Crippen molar-refractivity contribution in [3.63, 3.8) is 0 Å². The number of nitrogens with one attached hydrogen (secondary N) is 1. The van der Waals surface area contributed by atoms with Crippen molar-refractivity contribution in [3.05, 3.63) is 0 Å². The summed E-state index contributed by atoms with van der Waals surface area (Å²) < 4.78 is 0. The van der Waals surface area contributed by atoms with Crippen LogP contribution in [0, 0.1) is 0 Å². The number of imide groups is 1. The zero-order chi connectivity index (χ0) is 7.44. The van der Waals surface area contributed by atoms with E-state index in [4.69, 9.17) is 10.2 Å². The molecule has 0 aromatic carbocycles. The van der Waals surface area contributed by atoms with Crippen molar-refractivity contribution in [1.82, 2.24) is 5.32 Å². The minimum atomic E-state index is -1.46. The molecule has 0 saturated carbocycles. The SMILES string of the molecule is CC(O)C(=O)NC(=O)O. The first-order chi connectivity index (χ1) is 4.04. The van der Waals surface area contributed by atoms with Gasteiger partial charge in [-0.05, 0) is 6.92 Å². The first-order valence-corrected chi connectivity index (χ1v) is 2.26.